The summed E-state index contributed by atoms with van der Waals surface area (Å²) in [5.74, 6) is 0.876. The molecule has 1 aromatic heterocycles. The number of aromatic nitrogens is 1. The van der Waals surface area contributed by atoms with Crippen LogP contribution in [-0.2, 0) is 0 Å². The van der Waals surface area contributed by atoms with E-state index in [1.807, 2.05) is 0 Å². The first-order valence-corrected chi connectivity index (χ1v) is 10.1. The van der Waals surface area contributed by atoms with E-state index in [9.17, 15) is 4.79 Å². The van der Waals surface area contributed by atoms with Crippen molar-refractivity contribution in [2.75, 3.05) is 18.6 Å². The average molecular weight is 395 g/mol. The minimum absolute atomic E-state index is 0.0980. The fourth-order valence-electron chi connectivity index (χ4n) is 4.17. The minimum Gasteiger partial charge on any atom is -0.496 e. The van der Waals surface area contributed by atoms with E-state index in [0.717, 1.165) is 30.7 Å². The summed E-state index contributed by atoms with van der Waals surface area (Å²) in [6.45, 7) is 10.1. The number of methoxy groups -OCH3 is 1. The second-order valence-electron chi connectivity index (χ2n) is 8.16. The van der Waals surface area contributed by atoms with Crippen LogP contribution in [0.1, 0.15) is 67.9 Å². The molecule has 3 rings (SSSR count). The molecule has 1 N–H and O–H groups in total. The van der Waals surface area contributed by atoms with Gasteiger partial charge in [0.2, 0.25) is 0 Å². The molecule has 29 heavy (non-hydrogen) atoms. The van der Waals surface area contributed by atoms with Gasteiger partial charge in [-0.2, -0.15) is 5.10 Å². The molecule has 0 spiro atoms. The van der Waals surface area contributed by atoms with Crippen LogP contribution in [0.2, 0.25) is 0 Å². The molecule has 2 aromatic rings. The topological polar surface area (TPSA) is 66.8 Å². The Morgan fingerprint density at radius 3 is 2.90 bits per heavy atom. The first-order chi connectivity index (χ1) is 13.9. The van der Waals surface area contributed by atoms with Crippen molar-refractivity contribution >= 4 is 17.8 Å². The highest BCUT2D eigenvalue weighted by molar-refractivity contribution is 5.95. The van der Waals surface area contributed by atoms with Crippen molar-refractivity contribution in [2.45, 2.75) is 52.0 Å². The molecule has 6 nitrogen and oxygen atoms in total. The van der Waals surface area contributed by atoms with Gasteiger partial charge in [0.1, 0.15) is 5.75 Å². The fourth-order valence-corrected chi connectivity index (χ4v) is 4.17. The fraction of sp³-hybridized carbons (Fsp3) is 0.435. The van der Waals surface area contributed by atoms with Crippen molar-refractivity contribution in [2.24, 2.45) is 5.10 Å². The smallest absolute Gasteiger partial charge is 0.272 e. The maximum Gasteiger partial charge on any atom is 0.272 e. The maximum atomic E-state index is 12.2. The lowest BCUT2D eigenvalue weighted by Gasteiger charge is -2.47. The SMILES string of the molecule is CCCN1c2cc(OC)c(/C=N\NC(=O)c3cccnc3)cc2C(C)CC1(C)C. The Balaban J connectivity index is 1.89. The van der Waals surface area contributed by atoms with E-state index in [1.165, 1.54) is 17.4 Å². The van der Waals surface area contributed by atoms with Crippen LogP contribution in [0.4, 0.5) is 5.69 Å². The van der Waals surface area contributed by atoms with Crippen LogP contribution >= 0.6 is 0 Å². The highest BCUT2D eigenvalue weighted by Gasteiger charge is 2.36. The summed E-state index contributed by atoms with van der Waals surface area (Å²) in [4.78, 5) is 18.6. The normalized spacial score (nSPS) is 17.8. The third-order valence-corrected chi connectivity index (χ3v) is 5.48. The van der Waals surface area contributed by atoms with Gasteiger partial charge in [-0.05, 0) is 56.4 Å². The van der Waals surface area contributed by atoms with Crippen molar-refractivity contribution in [1.29, 1.82) is 0 Å². The van der Waals surface area contributed by atoms with Crippen LogP contribution in [-0.4, -0.2) is 36.3 Å². The summed E-state index contributed by atoms with van der Waals surface area (Å²) in [5, 5.41) is 4.14. The molecule has 1 aliphatic heterocycles. The van der Waals surface area contributed by atoms with Crippen LogP contribution in [0.15, 0.2) is 41.8 Å². The lowest BCUT2D eigenvalue weighted by molar-refractivity contribution is 0.0954. The van der Waals surface area contributed by atoms with Crippen molar-refractivity contribution in [1.82, 2.24) is 10.4 Å². The Morgan fingerprint density at radius 1 is 1.45 bits per heavy atom. The molecule has 1 aliphatic rings. The molecule has 1 amide bonds. The second-order valence-corrected chi connectivity index (χ2v) is 8.16. The monoisotopic (exact) mass is 394 g/mol. The molecule has 154 valence electrons. The number of hydrogen-bond acceptors (Lipinski definition) is 5. The number of rotatable bonds is 6. The van der Waals surface area contributed by atoms with E-state index in [2.05, 4.69) is 60.2 Å². The van der Waals surface area contributed by atoms with Gasteiger partial charge in [0.25, 0.3) is 5.91 Å². The number of carbonyl (C=O) groups excluding carboxylic acids is 1. The van der Waals surface area contributed by atoms with Gasteiger partial charge in [0, 0.05) is 41.8 Å². The van der Waals surface area contributed by atoms with Gasteiger partial charge in [-0.15, -0.1) is 0 Å². The zero-order valence-corrected chi connectivity index (χ0v) is 17.9. The third-order valence-electron chi connectivity index (χ3n) is 5.48. The quantitative estimate of drug-likeness (QED) is 0.584. The largest absolute Gasteiger partial charge is 0.496 e. The summed E-state index contributed by atoms with van der Waals surface area (Å²) in [6, 6.07) is 7.66. The third kappa shape index (κ3) is 4.42. The number of nitrogens with one attached hydrogen (secondary N) is 1. The molecular weight excluding hydrogens is 364 g/mol. The molecule has 0 bridgehead atoms. The van der Waals surface area contributed by atoms with Gasteiger partial charge in [-0.1, -0.05) is 13.8 Å². The Kier molecular flexibility index (Phi) is 6.20. The molecule has 1 aromatic carbocycles. The molecule has 0 saturated heterocycles. The molecule has 0 saturated carbocycles. The van der Waals surface area contributed by atoms with Crippen LogP contribution in [0, 0.1) is 0 Å². The number of nitrogens with zero attached hydrogens (tertiary/aromatic N) is 3. The number of carbonyl (C=O) groups is 1. The van der Waals surface area contributed by atoms with Gasteiger partial charge in [0.15, 0.2) is 0 Å². The minimum atomic E-state index is -0.296. The van der Waals surface area contributed by atoms with E-state index in [0.29, 0.717) is 11.5 Å². The van der Waals surface area contributed by atoms with E-state index < -0.39 is 0 Å². The standard InChI is InChI=1S/C23H30N4O2/c1-6-10-27-20-12-21(29-5)18(11-19(20)16(2)13-23(27,3)4)15-25-26-22(28)17-8-7-9-24-14-17/h7-9,11-12,14-16H,6,10,13H2,1-5H3,(H,26,28)/b25-15-. The van der Waals surface area contributed by atoms with Crippen molar-refractivity contribution < 1.29 is 9.53 Å². The molecule has 2 heterocycles. The van der Waals surface area contributed by atoms with Crippen LogP contribution in [0.5, 0.6) is 5.75 Å². The zero-order chi connectivity index (χ0) is 21.0. The Labute approximate surface area is 173 Å². The van der Waals surface area contributed by atoms with E-state index >= 15 is 0 Å². The van der Waals surface area contributed by atoms with Gasteiger partial charge in [-0.3, -0.25) is 9.78 Å². The maximum absolute atomic E-state index is 12.2. The van der Waals surface area contributed by atoms with Gasteiger partial charge < -0.3 is 9.64 Å². The van der Waals surface area contributed by atoms with Crippen LogP contribution in [0.3, 0.4) is 0 Å². The predicted octanol–water partition coefficient (Wildman–Crippen LogP) is 4.36. The van der Waals surface area contributed by atoms with Crippen molar-refractivity contribution in [3.8, 4) is 5.75 Å². The van der Waals surface area contributed by atoms with Crippen LogP contribution < -0.4 is 15.1 Å². The summed E-state index contributed by atoms with van der Waals surface area (Å²) in [7, 11) is 1.66. The molecule has 0 aliphatic carbocycles. The number of hydrogen-bond donors (Lipinski definition) is 1. The summed E-state index contributed by atoms with van der Waals surface area (Å²) < 4.78 is 5.64. The highest BCUT2D eigenvalue weighted by atomic mass is 16.5. The Hall–Kier alpha value is -2.89. The van der Waals surface area contributed by atoms with Crippen molar-refractivity contribution in [3.63, 3.8) is 0 Å². The second kappa shape index (κ2) is 8.64. The number of pyridine rings is 1. The van der Waals surface area contributed by atoms with Gasteiger partial charge >= 0.3 is 0 Å². The molecule has 0 radical (unpaired) electrons. The highest BCUT2D eigenvalue weighted by Crippen LogP contribution is 2.45. The molecule has 1 atom stereocenters. The first kappa shape index (κ1) is 20.8. The lowest BCUT2D eigenvalue weighted by atomic mass is 9.79. The summed E-state index contributed by atoms with van der Waals surface area (Å²) >= 11 is 0. The molecule has 1 unspecified atom stereocenters. The summed E-state index contributed by atoms with van der Waals surface area (Å²) in [6.07, 6.45) is 6.95. The van der Waals surface area contributed by atoms with Gasteiger partial charge in [-0.25, -0.2) is 5.43 Å². The number of benzene rings is 1. The first-order valence-electron chi connectivity index (χ1n) is 10.1. The van der Waals surface area contributed by atoms with E-state index in [-0.39, 0.29) is 11.4 Å². The number of anilines is 1. The molecule has 6 heteroatoms. The van der Waals surface area contributed by atoms with Crippen molar-refractivity contribution in [3.05, 3.63) is 53.3 Å². The predicted molar refractivity (Wildman–Crippen MR) is 117 cm³/mol. The van der Waals surface area contributed by atoms with E-state index in [4.69, 9.17) is 4.74 Å². The molecule has 0 fully saturated rings. The number of hydrazone groups is 1. The zero-order valence-electron chi connectivity index (χ0n) is 17.9. The number of ether oxygens (including phenoxy) is 1. The van der Waals surface area contributed by atoms with E-state index in [1.54, 1.807) is 31.7 Å². The Bertz CT molecular complexity index is 893. The number of amides is 1. The Morgan fingerprint density at radius 2 is 2.24 bits per heavy atom. The number of fused-ring (bicyclic) bond motifs is 1. The lowest BCUT2D eigenvalue weighted by Crippen LogP contribution is -2.48. The van der Waals surface area contributed by atoms with Gasteiger partial charge in [0.05, 0.1) is 18.9 Å². The molecular formula is C23H30N4O2. The average Bonchev–Trinajstić information content (AvgIpc) is 2.71. The van der Waals surface area contributed by atoms with Crippen LogP contribution in [0.25, 0.3) is 0 Å². The summed E-state index contributed by atoms with van der Waals surface area (Å²) in [5.41, 5.74) is 6.48.